The number of aryl methyl sites for hydroxylation is 3. The Labute approximate surface area is 116 Å². The molecule has 18 heavy (non-hydrogen) atoms. The molecule has 0 N–H and O–H groups in total. The molecule has 1 aromatic carbocycles. The maximum atomic E-state index is 6.14. The molecule has 0 fully saturated rings. The van der Waals surface area contributed by atoms with Crippen LogP contribution in [0.4, 0.5) is 0 Å². The maximum absolute atomic E-state index is 6.14. The van der Waals surface area contributed by atoms with Gasteiger partial charge in [-0.25, -0.2) is 0 Å². The van der Waals surface area contributed by atoms with Gasteiger partial charge in [-0.3, -0.25) is 4.68 Å². The highest BCUT2D eigenvalue weighted by molar-refractivity contribution is 6.31. The summed E-state index contributed by atoms with van der Waals surface area (Å²) < 4.78 is 7.35. The van der Waals surface area contributed by atoms with E-state index >= 15 is 0 Å². The van der Waals surface area contributed by atoms with Crippen LogP contribution in [0.25, 0.3) is 0 Å². The number of nitrogens with zero attached hydrogens (tertiary/aromatic N) is 2. The van der Waals surface area contributed by atoms with Crippen LogP contribution < -0.4 is 4.74 Å². The Morgan fingerprint density at radius 2 is 2.00 bits per heavy atom. The molecule has 0 aliphatic carbocycles. The number of benzene rings is 1. The summed E-state index contributed by atoms with van der Waals surface area (Å²) in [5.41, 5.74) is 2.78. The van der Waals surface area contributed by atoms with Gasteiger partial charge >= 0.3 is 0 Å². The summed E-state index contributed by atoms with van der Waals surface area (Å²) in [5, 5.41) is 5.58. The summed E-state index contributed by atoms with van der Waals surface area (Å²) in [4.78, 5) is 0. The first-order valence-corrected chi connectivity index (χ1v) is 6.31. The van der Waals surface area contributed by atoms with Crippen molar-refractivity contribution in [3.63, 3.8) is 0 Å². The molecule has 1 heterocycles. The van der Waals surface area contributed by atoms with E-state index in [9.17, 15) is 0 Å². The van der Waals surface area contributed by atoms with Crippen LogP contribution in [0.1, 0.15) is 16.8 Å². The van der Waals surface area contributed by atoms with E-state index < -0.39 is 0 Å². The van der Waals surface area contributed by atoms with Crippen LogP contribution in [-0.4, -0.2) is 9.78 Å². The molecule has 96 valence electrons. The molecule has 0 radical (unpaired) electrons. The number of hydrogen-bond donors (Lipinski definition) is 0. The van der Waals surface area contributed by atoms with Gasteiger partial charge in [0.15, 0.2) is 0 Å². The van der Waals surface area contributed by atoms with Crippen molar-refractivity contribution in [3.05, 3.63) is 45.2 Å². The first-order valence-electron chi connectivity index (χ1n) is 5.56. The Morgan fingerprint density at radius 3 is 2.56 bits per heavy atom. The molecular formula is C13H14Cl2N2O. The van der Waals surface area contributed by atoms with Crippen LogP contribution in [0.2, 0.25) is 10.2 Å². The average Bonchev–Trinajstić information content (AvgIpc) is 2.56. The van der Waals surface area contributed by atoms with E-state index in [1.165, 1.54) is 0 Å². The lowest BCUT2D eigenvalue weighted by Crippen LogP contribution is -1.97. The topological polar surface area (TPSA) is 27.1 Å². The second kappa shape index (κ2) is 5.21. The Bertz CT molecular complexity index is 579. The third-order valence-electron chi connectivity index (χ3n) is 2.78. The lowest BCUT2D eigenvalue weighted by molar-refractivity contribution is 0.305. The third kappa shape index (κ3) is 2.62. The molecule has 0 spiro atoms. The number of rotatable bonds is 3. The van der Waals surface area contributed by atoms with Gasteiger partial charge in [0.05, 0.1) is 5.69 Å². The van der Waals surface area contributed by atoms with Crippen molar-refractivity contribution in [1.82, 2.24) is 9.78 Å². The van der Waals surface area contributed by atoms with Gasteiger partial charge in [-0.05, 0) is 37.6 Å². The lowest BCUT2D eigenvalue weighted by Gasteiger charge is -2.07. The predicted octanol–water partition coefficient (Wildman–Crippen LogP) is 3.92. The van der Waals surface area contributed by atoms with E-state index in [0.29, 0.717) is 11.8 Å². The quantitative estimate of drug-likeness (QED) is 0.854. The number of hydrogen-bond acceptors (Lipinski definition) is 2. The predicted molar refractivity (Wildman–Crippen MR) is 73.5 cm³/mol. The molecule has 0 bridgehead atoms. The van der Waals surface area contributed by atoms with Crippen molar-refractivity contribution >= 4 is 23.2 Å². The molecule has 0 unspecified atom stereocenters. The summed E-state index contributed by atoms with van der Waals surface area (Å²) in [7, 11) is 1.81. The fraction of sp³-hybridized carbons (Fsp3) is 0.308. The molecule has 5 heteroatoms. The third-order valence-corrected chi connectivity index (χ3v) is 3.68. The highest BCUT2D eigenvalue weighted by Crippen LogP contribution is 2.24. The van der Waals surface area contributed by atoms with E-state index in [-0.39, 0.29) is 0 Å². The summed E-state index contributed by atoms with van der Waals surface area (Å²) in [6, 6.07) is 5.57. The normalized spacial score (nSPS) is 10.7. The summed E-state index contributed by atoms with van der Waals surface area (Å²) in [6.07, 6.45) is 0. The number of aromatic nitrogens is 2. The Balaban J connectivity index is 2.14. The van der Waals surface area contributed by atoms with E-state index in [2.05, 4.69) is 5.10 Å². The zero-order chi connectivity index (χ0) is 13.3. The van der Waals surface area contributed by atoms with Gasteiger partial charge in [-0.15, -0.1) is 0 Å². The van der Waals surface area contributed by atoms with Gasteiger partial charge in [-0.2, -0.15) is 5.10 Å². The lowest BCUT2D eigenvalue weighted by atomic mass is 10.2. The van der Waals surface area contributed by atoms with Crippen molar-refractivity contribution in [3.8, 4) is 5.75 Å². The zero-order valence-electron chi connectivity index (χ0n) is 10.5. The van der Waals surface area contributed by atoms with Gasteiger partial charge < -0.3 is 4.74 Å². The average molecular weight is 285 g/mol. The minimum atomic E-state index is 0.402. The fourth-order valence-electron chi connectivity index (χ4n) is 1.70. The molecule has 2 rings (SSSR count). The molecule has 0 saturated carbocycles. The van der Waals surface area contributed by atoms with Gasteiger partial charge in [0.2, 0.25) is 0 Å². The second-order valence-corrected chi connectivity index (χ2v) is 4.94. The van der Waals surface area contributed by atoms with Crippen LogP contribution in [0.3, 0.4) is 0 Å². The van der Waals surface area contributed by atoms with E-state index in [1.54, 1.807) is 4.68 Å². The summed E-state index contributed by atoms with van der Waals surface area (Å²) in [6.45, 7) is 4.26. The van der Waals surface area contributed by atoms with Crippen molar-refractivity contribution in [2.75, 3.05) is 0 Å². The molecule has 0 aliphatic rings. The Morgan fingerprint density at radius 1 is 1.28 bits per heavy atom. The molecule has 0 saturated heterocycles. The minimum Gasteiger partial charge on any atom is -0.489 e. The van der Waals surface area contributed by atoms with Crippen LogP contribution in [0, 0.1) is 13.8 Å². The summed E-state index contributed by atoms with van der Waals surface area (Å²) >= 11 is 12.1. The molecule has 0 amide bonds. The van der Waals surface area contributed by atoms with E-state index in [0.717, 1.165) is 27.6 Å². The smallest absolute Gasteiger partial charge is 0.133 e. The molecular weight excluding hydrogens is 271 g/mol. The largest absolute Gasteiger partial charge is 0.489 e. The van der Waals surface area contributed by atoms with Crippen LogP contribution >= 0.6 is 23.2 Å². The SMILES string of the molecule is Cc1cc(OCc2c(C)nn(C)c2Cl)ccc1Cl. The second-order valence-electron chi connectivity index (χ2n) is 4.18. The van der Waals surface area contributed by atoms with Crippen LogP contribution in [0.5, 0.6) is 5.75 Å². The zero-order valence-corrected chi connectivity index (χ0v) is 12.0. The number of halogens is 2. The molecule has 2 aromatic rings. The highest BCUT2D eigenvalue weighted by Gasteiger charge is 2.11. The van der Waals surface area contributed by atoms with Crippen molar-refractivity contribution in [1.29, 1.82) is 0 Å². The molecule has 0 atom stereocenters. The number of ether oxygens (including phenoxy) is 1. The van der Waals surface area contributed by atoms with Crippen LogP contribution in [0.15, 0.2) is 18.2 Å². The standard InChI is InChI=1S/C13H14Cl2N2O/c1-8-6-10(4-5-12(8)14)18-7-11-9(2)16-17(3)13(11)15/h4-6H,7H2,1-3H3. The summed E-state index contributed by atoms with van der Waals surface area (Å²) in [5.74, 6) is 0.774. The van der Waals surface area contributed by atoms with Crippen molar-refractivity contribution in [2.45, 2.75) is 20.5 Å². The first kappa shape index (κ1) is 13.2. The Hall–Kier alpha value is -1.19. The van der Waals surface area contributed by atoms with Crippen molar-refractivity contribution < 1.29 is 4.74 Å². The van der Waals surface area contributed by atoms with E-state index in [1.807, 2.05) is 39.1 Å². The maximum Gasteiger partial charge on any atom is 0.133 e. The highest BCUT2D eigenvalue weighted by atomic mass is 35.5. The van der Waals surface area contributed by atoms with Gasteiger partial charge in [0.1, 0.15) is 17.5 Å². The first-order chi connectivity index (χ1) is 8.49. The minimum absolute atomic E-state index is 0.402. The fourth-order valence-corrected chi connectivity index (χ4v) is 2.05. The van der Waals surface area contributed by atoms with E-state index in [4.69, 9.17) is 27.9 Å². The Kier molecular flexibility index (Phi) is 3.83. The van der Waals surface area contributed by atoms with Crippen molar-refractivity contribution in [2.24, 2.45) is 7.05 Å². The van der Waals surface area contributed by atoms with Gasteiger partial charge in [-0.1, -0.05) is 23.2 Å². The molecule has 3 nitrogen and oxygen atoms in total. The van der Waals surface area contributed by atoms with Crippen LogP contribution in [-0.2, 0) is 13.7 Å². The van der Waals surface area contributed by atoms with Gasteiger partial charge in [0.25, 0.3) is 0 Å². The molecule has 1 aromatic heterocycles. The van der Waals surface area contributed by atoms with Gasteiger partial charge in [0, 0.05) is 17.6 Å². The monoisotopic (exact) mass is 284 g/mol. The molecule has 0 aliphatic heterocycles.